The molecule has 3 aromatic rings. The summed E-state index contributed by atoms with van der Waals surface area (Å²) in [6.07, 6.45) is 2.28. The van der Waals surface area contributed by atoms with Gasteiger partial charge in [0.25, 0.3) is 0 Å². The molecule has 0 bridgehead atoms. The fourth-order valence-electron chi connectivity index (χ4n) is 2.51. The summed E-state index contributed by atoms with van der Waals surface area (Å²) < 4.78 is 8.07. The molecule has 0 unspecified atom stereocenters. The van der Waals surface area contributed by atoms with Gasteiger partial charge in [-0.15, -0.1) is 0 Å². The van der Waals surface area contributed by atoms with E-state index in [1.54, 1.807) is 12.3 Å². The van der Waals surface area contributed by atoms with Crippen molar-refractivity contribution >= 4 is 29.7 Å². The van der Waals surface area contributed by atoms with Gasteiger partial charge in [0, 0.05) is 24.9 Å². The average Bonchev–Trinajstić information content (AvgIpc) is 3.25. The van der Waals surface area contributed by atoms with Crippen LogP contribution in [0.1, 0.15) is 25.1 Å². The number of amides is 1. The monoisotopic (exact) mass is 391 g/mol. The third-order valence-corrected chi connectivity index (χ3v) is 4.50. The topological polar surface area (TPSA) is 88.7 Å². The van der Waals surface area contributed by atoms with Crippen LogP contribution in [0.4, 0.5) is 0 Å². The molecule has 2 heterocycles. The second kappa shape index (κ2) is 8.29. The Kier molecular flexibility index (Phi) is 5.85. The van der Waals surface area contributed by atoms with Crippen molar-refractivity contribution in [1.29, 1.82) is 0 Å². The summed E-state index contributed by atoms with van der Waals surface area (Å²) in [5.74, 6) is 1.66. The van der Waals surface area contributed by atoms with E-state index >= 15 is 0 Å². The minimum absolute atomic E-state index is 0.112. The number of nitrogens with zero attached hydrogens (tertiary/aromatic N) is 3. The molecule has 7 nitrogen and oxygen atoms in total. The zero-order valence-electron chi connectivity index (χ0n) is 14.2. The van der Waals surface area contributed by atoms with Crippen molar-refractivity contribution in [1.82, 2.24) is 25.1 Å². The van der Waals surface area contributed by atoms with E-state index in [4.69, 9.17) is 28.2 Å². The maximum atomic E-state index is 12.1. The van der Waals surface area contributed by atoms with E-state index in [0.717, 1.165) is 5.56 Å². The molecule has 1 amide bonds. The fraction of sp³-hybridized carbons (Fsp3) is 0.294. The molecule has 0 fully saturated rings. The first-order valence-corrected chi connectivity index (χ1v) is 8.97. The lowest BCUT2D eigenvalue weighted by Gasteiger charge is -2.05. The van der Waals surface area contributed by atoms with E-state index < -0.39 is 0 Å². The molecule has 0 saturated carbocycles. The fourth-order valence-corrected chi connectivity index (χ4v) is 3.02. The van der Waals surface area contributed by atoms with E-state index in [1.165, 1.54) is 0 Å². The van der Waals surface area contributed by atoms with Crippen LogP contribution < -0.4 is 5.32 Å². The highest BCUT2D eigenvalue weighted by atomic mass is 35.5. The maximum absolute atomic E-state index is 12.1. The van der Waals surface area contributed by atoms with E-state index in [1.807, 2.05) is 29.7 Å². The number of aromatic amines is 1. The summed E-state index contributed by atoms with van der Waals surface area (Å²) in [5.41, 5.74) is 0.778. The Morgan fingerprint density at radius 2 is 2.23 bits per heavy atom. The number of carbonyl (C=O) groups excluding carboxylic acids is 1. The van der Waals surface area contributed by atoms with Crippen molar-refractivity contribution in [3.8, 4) is 11.3 Å². The second-order valence-corrected chi connectivity index (χ2v) is 6.36. The molecule has 0 saturated heterocycles. The normalized spacial score (nSPS) is 10.8. The van der Waals surface area contributed by atoms with Crippen LogP contribution in [0.15, 0.2) is 34.9 Å². The second-order valence-electron chi connectivity index (χ2n) is 5.56. The molecule has 0 aliphatic heterocycles. The Morgan fingerprint density at radius 3 is 3.00 bits per heavy atom. The average molecular weight is 392 g/mol. The van der Waals surface area contributed by atoms with Crippen molar-refractivity contribution in [3.63, 3.8) is 0 Å². The van der Waals surface area contributed by atoms with Crippen LogP contribution >= 0.6 is 23.8 Å². The standard InChI is InChI=1S/C17H18ClN5O2S/c1-2-23-14(21-22-17(23)26)10-19-15(24)7-8-16-20-9-13(25-16)11-5-3-4-6-12(11)18/h3-6,9H,2,7-8,10H2,1H3,(H,19,24)(H,22,26). The molecule has 0 aliphatic carbocycles. The molecule has 9 heteroatoms. The molecule has 2 aromatic heterocycles. The van der Waals surface area contributed by atoms with Gasteiger partial charge in [0.2, 0.25) is 5.91 Å². The van der Waals surface area contributed by atoms with Crippen molar-refractivity contribution in [3.05, 3.63) is 52.0 Å². The molecular formula is C17H18ClN5O2S. The quantitative estimate of drug-likeness (QED) is 0.601. The first-order chi connectivity index (χ1) is 12.6. The van der Waals surface area contributed by atoms with Crippen LogP contribution in [0, 0.1) is 4.77 Å². The molecule has 0 atom stereocenters. The Morgan fingerprint density at radius 1 is 1.42 bits per heavy atom. The summed E-state index contributed by atoms with van der Waals surface area (Å²) >= 11 is 11.3. The summed E-state index contributed by atoms with van der Waals surface area (Å²) in [4.78, 5) is 16.3. The first-order valence-electron chi connectivity index (χ1n) is 8.19. The number of carbonyl (C=O) groups is 1. The molecule has 2 N–H and O–H groups in total. The van der Waals surface area contributed by atoms with Crippen LogP contribution in [-0.2, 0) is 24.3 Å². The molecule has 3 rings (SSSR count). The van der Waals surface area contributed by atoms with Gasteiger partial charge in [-0.05, 0) is 31.3 Å². The highest BCUT2D eigenvalue weighted by molar-refractivity contribution is 7.71. The minimum atomic E-state index is -0.112. The number of aryl methyl sites for hydroxylation is 1. The number of hydrogen-bond acceptors (Lipinski definition) is 5. The lowest BCUT2D eigenvalue weighted by Crippen LogP contribution is -2.25. The summed E-state index contributed by atoms with van der Waals surface area (Å²) in [6, 6.07) is 7.38. The van der Waals surface area contributed by atoms with Gasteiger partial charge < -0.3 is 14.3 Å². The van der Waals surface area contributed by atoms with Gasteiger partial charge in [0.05, 0.1) is 17.8 Å². The third-order valence-electron chi connectivity index (χ3n) is 3.86. The van der Waals surface area contributed by atoms with Crippen molar-refractivity contribution in [2.45, 2.75) is 32.9 Å². The number of oxazole rings is 1. The van der Waals surface area contributed by atoms with Crippen LogP contribution in [0.3, 0.4) is 0 Å². The predicted molar refractivity (Wildman–Crippen MR) is 100 cm³/mol. The Bertz CT molecular complexity index is 962. The smallest absolute Gasteiger partial charge is 0.220 e. The number of rotatable bonds is 7. The maximum Gasteiger partial charge on any atom is 0.220 e. The molecular weight excluding hydrogens is 374 g/mol. The number of nitrogens with one attached hydrogen (secondary N) is 2. The van der Waals surface area contributed by atoms with E-state index in [2.05, 4.69) is 20.5 Å². The molecule has 136 valence electrons. The molecule has 0 aliphatic rings. The first kappa shape index (κ1) is 18.3. The van der Waals surface area contributed by atoms with Crippen molar-refractivity contribution in [2.24, 2.45) is 0 Å². The number of hydrogen-bond donors (Lipinski definition) is 2. The Hall–Kier alpha value is -2.45. The molecule has 1 aromatic carbocycles. The SMILES string of the molecule is CCn1c(CNC(=O)CCc2ncc(-c3ccccc3Cl)o2)n[nH]c1=S. The number of benzene rings is 1. The van der Waals surface area contributed by atoms with Gasteiger partial charge in [-0.3, -0.25) is 9.89 Å². The molecule has 0 radical (unpaired) electrons. The Balaban J connectivity index is 1.54. The zero-order chi connectivity index (χ0) is 18.5. The number of halogens is 1. The highest BCUT2D eigenvalue weighted by Crippen LogP contribution is 2.28. The van der Waals surface area contributed by atoms with Crippen molar-refractivity contribution in [2.75, 3.05) is 0 Å². The number of aromatic nitrogens is 4. The van der Waals surface area contributed by atoms with Gasteiger partial charge in [0.1, 0.15) is 0 Å². The predicted octanol–water partition coefficient (Wildman–Crippen LogP) is 3.52. The van der Waals surface area contributed by atoms with Gasteiger partial charge in [-0.2, -0.15) is 5.10 Å². The van der Waals surface area contributed by atoms with E-state index in [0.29, 0.717) is 46.8 Å². The third kappa shape index (κ3) is 4.20. The zero-order valence-corrected chi connectivity index (χ0v) is 15.7. The molecule has 26 heavy (non-hydrogen) atoms. The lowest BCUT2D eigenvalue weighted by molar-refractivity contribution is -0.121. The molecule has 0 spiro atoms. The van der Waals surface area contributed by atoms with Crippen LogP contribution in [0.2, 0.25) is 5.02 Å². The van der Waals surface area contributed by atoms with E-state index in [-0.39, 0.29) is 12.3 Å². The number of H-pyrrole nitrogens is 1. The van der Waals surface area contributed by atoms with Gasteiger partial charge in [0.15, 0.2) is 22.2 Å². The van der Waals surface area contributed by atoms with Gasteiger partial charge >= 0.3 is 0 Å². The van der Waals surface area contributed by atoms with Crippen LogP contribution in [0.25, 0.3) is 11.3 Å². The van der Waals surface area contributed by atoms with Gasteiger partial charge in [-0.1, -0.05) is 23.7 Å². The lowest BCUT2D eigenvalue weighted by atomic mass is 10.2. The summed E-state index contributed by atoms with van der Waals surface area (Å²) in [7, 11) is 0. The van der Waals surface area contributed by atoms with Crippen LogP contribution in [-0.4, -0.2) is 25.7 Å². The summed E-state index contributed by atoms with van der Waals surface area (Å²) in [6.45, 7) is 2.98. The van der Waals surface area contributed by atoms with Gasteiger partial charge in [-0.25, -0.2) is 4.98 Å². The minimum Gasteiger partial charge on any atom is -0.441 e. The summed E-state index contributed by atoms with van der Waals surface area (Å²) in [5, 5.41) is 10.3. The largest absolute Gasteiger partial charge is 0.441 e. The van der Waals surface area contributed by atoms with E-state index in [9.17, 15) is 4.79 Å². The Labute approximate surface area is 160 Å². The van der Waals surface area contributed by atoms with Crippen LogP contribution in [0.5, 0.6) is 0 Å². The highest BCUT2D eigenvalue weighted by Gasteiger charge is 2.12. The van der Waals surface area contributed by atoms with Crippen molar-refractivity contribution < 1.29 is 9.21 Å².